The van der Waals surface area contributed by atoms with Gasteiger partial charge in [0.05, 0.1) is 22.4 Å². The lowest BCUT2D eigenvalue weighted by Crippen LogP contribution is -2.45. The van der Waals surface area contributed by atoms with Gasteiger partial charge in [-0.15, -0.1) is 0 Å². The zero-order valence-electron chi connectivity index (χ0n) is 14.6. The van der Waals surface area contributed by atoms with E-state index in [1.165, 1.54) is 16.4 Å². The first kappa shape index (κ1) is 20.0. The molecule has 0 aromatic heterocycles. The van der Waals surface area contributed by atoms with Gasteiger partial charge in [-0.25, -0.2) is 8.42 Å². The third kappa shape index (κ3) is 4.86. The summed E-state index contributed by atoms with van der Waals surface area (Å²) in [5, 5.41) is 3.11. The first-order valence-corrected chi connectivity index (χ1v) is 10.4. The average Bonchev–Trinajstić information content (AvgIpc) is 2.61. The molecule has 0 aliphatic carbocycles. The largest absolute Gasteiger partial charge is 0.492 e. The lowest BCUT2D eigenvalue weighted by molar-refractivity contribution is -0.126. The number of piperidine rings is 1. The molecule has 2 rings (SSSR count). The van der Waals surface area contributed by atoms with E-state index < -0.39 is 10.0 Å². The maximum absolute atomic E-state index is 12.9. The Morgan fingerprint density at radius 1 is 1.40 bits per heavy atom. The van der Waals surface area contributed by atoms with Crippen molar-refractivity contribution in [3.05, 3.63) is 23.2 Å². The Hall–Kier alpha value is -1.31. The number of carbonyl (C=O) groups is 1. The van der Waals surface area contributed by atoms with Crippen LogP contribution in [0.4, 0.5) is 0 Å². The van der Waals surface area contributed by atoms with E-state index in [0.717, 1.165) is 6.42 Å². The van der Waals surface area contributed by atoms with Gasteiger partial charge in [0.1, 0.15) is 5.75 Å². The maximum atomic E-state index is 12.9. The van der Waals surface area contributed by atoms with Crippen LogP contribution in [0, 0.1) is 5.92 Å². The van der Waals surface area contributed by atoms with Crippen LogP contribution in [0.15, 0.2) is 23.1 Å². The summed E-state index contributed by atoms with van der Waals surface area (Å²) in [6.07, 6.45) is 2.21. The van der Waals surface area contributed by atoms with Gasteiger partial charge < -0.3 is 10.1 Å². The van der Waals surface area contributed by atoms with Gasteiger partial charge in [0.2, 0.25) is 15.9 Å². The number of hydrogen-bond acceptors (Lipinski definition) is 4. The number of sulfonamides is 1. The predicted octanol–water partition coefficient (Wildman–Crippen LogP) is 2.67. The summed E-state index contributed by atoms with van der Waals surface area (Å²) in [4.78, 5) is 12.3. The van der Waals surface area contributed by atoms with Crippen LogP contribution in [0.1, 0.15) is 33.1 Å². The summed E-state index contributed by atoms with van der Waals surface area (Å²) < 4.78 is 32.5. The van der Waals surface area contributed by atoms with Crippen LogP contribution >= 0.6 is 11.6 Å². The lowest BCUT2D eigenvalue weighted by atomic mass is 9.99. The van der Waals surface area contributed by atoms with E-state index in [1.54, 1.807) is 6.07 Å². The summed E-state index contributed by atoms with van der Waals surface area (Å²) in [6.45, 7) is 5.47. The van der Waals surface area contributed by atoms with Gasteiger partial charge >= 0.3 is 0 Å². The molecule has 6 nitrogen and oxygen atoms in total. The van der Waals surface area contributed by atoms with Crippen molar-refractivity contribution in [3.63, 3.8) is 0 Å². The minimum Gasteiger partial charge on any atom is -0.492 e. The molecule has 1 heterocycles. The Bertz CT molecular complexity index is 709. The highest BCUT2D eigenvalue weighted by Gasteiger charge is 2.33. The highest BCUT2D eigenvalue weighted by atomic mass is 35.5. The minimum absolute atomic E-state index is 0.0773. The van der Waals surface area contributed by atoms with E-state index in [4.69, 9.17) is 16.3 Å². The average molecular weight is 389 g/mol. The van der Waals surface area contributed by atoms with Gasteiger partial charge in [0.15, 0.2) is 0 Å². The molecule has 0 radical (unpaired) electrons. The number of benzene rings is 1. The molecule has 8 heteroatoms. The summed E-state index contributed by atoms with van der Waals surface area (Å²) in [5.74, 6) is 0.0679. The van der Waals surface area contributed by atoms with Gasteiger partial charge in [-0.1, -0.05) is 18.5 Å². The van der Waals surface area contributed by atoms with Crippen molar-refractivity contribution in [2.45, 2.75) is 38.0 Å². The van der Waals surface area contributed by atoms with Gasteiger partial charge in [-0.2, -0.15) is 4.31 Å². The topological polar surface area (TPSA) is 75.7 Å². The second-order valence-electron chi connectivity index (χ2n) is 6.02. The standard InChI is InChI=1S/C17H25ClN2O4S/c1-3-9-19-17(21)13-6-5-10-20(12-13)25(22,23)14-7-8-16(24-4-2)15(18)11-14/h7-8,11,13H,3-6,9-10,12H2,1-2H3,(H,19,21)/t13-/m0/s1. The van der Waals surface area contributed by atoms with E-state index >= 15 is 0 Å². The fourth-order valence-corrected chi connectivity index (χ4v) is 4.68. The number of halogens is 1. The second-order valence-corrected chi connectivity index (χ2v) is 8.36. The highest BCUT2D eigenvalue weighted by molar-refractivity contribution is 7.89. The maximum Gasteiger partial charge on any atom is 0.243 e. The van der Waals surface area contributed by atoms with Crippen LogP contribution in [-0.4, -0.2) is 44.9 Å². The number of nitrogens with zero attached hydrogens (tertiary/aromatic N) is 1. The van der Waals surface area contributed by atoms with E-state index in [0.29, 0.717) is 38.3 Å². The minimum atomic E-state index is -3.69. The molecule has 1 aromatic rings. The van der Waals surface area contributed by atoms with Crippen molar-refractivity contribution in [1.29, 1.82) is 0 Å². The quantitative estimate of drug-likeness (QED) is 0.779. The third-order valence-corrected chi connectivity index (χ3v) is 6.30. The fraction of sp³-hybridized carbons (Fsp3) is 0.588. The fourth-order valence-electron chi connectivity index (χ4n) is 2.83. The van der Waals surface area contributed by atoms with E-state index in [1.807, 2.05) is 13.8 Å². The Balaban J connectivity index is 2.15. The van der Waals surface area contributed by atoms with Crippen LogP contribution in [0.2, 0.25) is 5.02 Å². The first-order valence-electron chi connectivity index (χ1n) is 8.60. The molecule has 1 amide bonds. The number of carbonyl (C=O) groups excluding carboxylic acids is 1. The molecule has 1 aliphatic heterocycles. The molecule has 0 saturated carbocycles. The van der Waals surface area contributed by atoms with Gasteiger partial charge in [0, 0.05) is 19.6 Å². The zero-order chi connectivity index (χ0) is 18.4. The molecule has 0 bridgehead atoms. The third-order valence-electron chi connectivity index (χ3n) is 4.15. The Labute approximate surface area is 154 Å². The summed E-state index contributed by atoms with van der Waals surface area (Å²) in [6, 6.07) is 4.46. The summed E-state index contributed by atoms with van der Waals surface area (Å²) in [7, 11) is -3.69. The number of nitrogens with one attached hydrogen (secondary N) is 1. The molecule has 0 unspecified atom stereocenters. The van der Waals surface area contributed by atoms with Gasteiger partial charge in [0.25, 0.3) is 0 Å². The van der Waals surface area contributed by atoms with Gasteiger partial charge in [-0.3, -0.25) is 4.79 Å². The van der Waals surface area contributed by atoms with E-state index in [2.05, 4.69) is 5.32 Å². The molecule has 1 atom stereocenters. The molecule has 25 heavy (non-hydrogen) atoms. The van der Waals surface area contributed by atoms with Crippen molar-refractivity contribution < 1.29 is 17.9 Å². The molecule has 0 spiro atoms. The summed E-state index contributed by atoms with van der Waals surface area (Å²) >= 11 is 6.12. The van der Waals surface area contributed by atoms with Gasteiger partial charge in [-0.05, 0) is 44.4 Å². The molecule has 1 fully saturated rings. The van der Waals surface area contributed by atoms with Crippen molar-refractivity contribution in [1.82, 2.24) is 9.62 Å². The molecule has 1 aromatic carbocycles. The lowest BCUT2D eigenvalue weighted by Gasteiger charge is -2.31. The molecule has 1 saturated heterocycles. The number of ether oxygens (including phenoxy) is 1. The van der Waals surface area contributed by atoms with Crippen LogP contribution < -0.4 is 10.1 Å². The second kappa shape index (κ2) is 8.87. The van der Waals surface area contributed by atoms with E-state index in [9.17, 15) is 13.2 Å². The van der Waals surface area contributed by atoms with E-state index in [-0.39, 0.29) is 28.3 Å². The van der Waals surface area contributed by atoms with Crippen molar-refractivity contribution in [2.75, 3.05) is 26.2 Å². The number of amides is 1. The normalized spacial score (nSPS) is 18.8. The van der Waals surface area contributed by atoms with Crippen molar-refractivity contribution in [2.24, 2.45) is 5.92 Å². The Morgan fingerprint density at radius 2 is 2.16 bits per heavy atom. The predicted molar refractivity (Wildman–Crippen MR) is 97.4 cm³/mol. The Morgan fingerprint density at radius 3 is 2.80 bits per heavy atom. The molecule has 1 N–H and O–H groups in total. The molecule has 1 aliphatic rings. The van der Waals surface area contributed by atoms with Crippen LogP contribution in [0.5, 0.6) is 5.75 Å². The number of hydrogen-bond donors (Lipinski definition) is 1. The monoisotopic (exact) mass is 388 g/mol. The first-order chi connectivity index (χ1) is 11.9. The van der Waals surface area contributed by atoms with Crippen LogP contribution in [0.25, 0.3) is 0 Å². The molecular formula is C17H25ClN2O4S. The Kier molecular flexibility index (Phi) is 7.10. The summed E-state index contributed by atoms with van der Waals surface area (Å²) in [5.41, 5.74) is 0. The zero-order valence-corrected chi connectivity index (χ0v) is 16.2. The highest BCUT2D eigenvalue weighted by Crippen LogP contribution is 2.30. The van der Waals surface area contributed by atoms with Crippen LogP contribution in [0.3, 0.4) is 0 Å². The van der Waals surface area contributed by atoms with Crippen molar-refractivity contribution >= 4 is 27.5 Å². The van der Waals surface area contributed by atoms with Crippen molar-refractivity contribution in [3.8, 4) is 5.75 Å². The molecular weight excluding hydrogens is 364 g/mol. The number of rotatable bonds is 7. The SMILES string of the molecule is CCCNC(=O)[C@H]1CCCN(S(=O)(=O)c2ccc(OCC)c(Cl)c2)C1. The van der Waals surface area contributed by atoms with Crippen LogP contribution in [-0.2, 0) is 14.8 Å². The molecule has 140 valence electrons. The smallest absolute Gasteiger partial charge is 0.243 e.